The van der Waals surface area contributed by atoms with Crippen molar-refractivity contribution < 1.29 is 0 Å². The van der Waals surface area contributed by atoms with Crippen molar-refractivity contribution in [2.24, 2.45) is 0 Å². The molecule has 0 saturated carbocycles. The quantitative estimate of drug-likeness (QED) is 0.730. The maximum Gasteiger partial charge on any atom is 0.0406 e. The second-order valence-corrected chi connectivity index (χ2v) is 5.59. The summed E-state index contributed by atoms with van der Waals surface area (Å²) in [4.78, 5) is 0. The minimum Gasteiger partial charge on any atom is -0.381 e. The Hall–Kier alpha value is -1.47. The molecule has 0 spiro atoms. The van der Waals surface area contributed by atoms with Gasteiger partial charge in [-0.25, -0.2) is 0 Å². The van der Waals surface area contributed by atoms with Crippen LogP contribution >= 0.6 is 11.6 Å². The van der Waals surface area contributed by atoms with E-state index in [1.165, 1.54) is 27.9 Å². The molecule has 0 aliphatic rings. The van der Waals surface area contributed by atoms with E-state index in [0.29, 0.717) is 0 Å². The van der Waals surface area contributed by atoms with E-state index in [1.54, 1.807) is 0 Å². The molecule has 1 N–H and O–H groups in total. The van der Waals surface area contributed by atoms with Crippen molar-refractivity contribution in [2.45, 2.75) is 33.2 Å². The maximum absolute atomic E-state index is 5.75. The summed E-state index contributed by atoms with van der Waals surface area (Å²) in [5.41, 5.74) is 6.60. The number of hydrogen-bond donors (Lipinski definition) is 1. The second-order valence-electron chi connectivity index (χ2n) is 5.22. The highest BCUT2D eigenvalue weighted by molar-refractivity contribution is 6.17. The lowest BCUT2D eigenvalue weighted by molar-refractivity contribution is 0.928. The van der Waals surface area contributed by atoms with Gasteiger partial charge in [0.05, 0.1) is 0 Å². The first-order chi connectivity index (χ1) is 9.70. The number of alkyl halides is 1. The van der Waals surface area contributed by atoms with E-state index >= 15 is 0 Å². The molecule has 20 heavy (non-hydrogen) atoms. The predicted molar refractivity (Wildman–Crippen MR) is 88.7 cm³/mol. The van der Waals surface area contributed by atoms with E-state index in [2.05, 4.69) is 61.6 Å². The molecule has 0 aliphatic heterocycles. The van der Waals surface area contributed by atoms with Gasteiger partial charge >= 0.3 is 0 Å². The molecular formula is C18H22ClN. The number of hydrogen-bond acceptors (Lipinski definition) is 1. The highest BCUT2D eigenvalue weighted by Crippen LogP contribution is 2.17. The average Bonchev–Trinajstić information content (AvgIpc) is 2.45. The van der Waals surface area contributed by atoms with Crippen molar-refractivity contribution in [1.82, 2.24) is 0 Å². The summed E-state index contributed by atoms with van der Waals surface area (Å²) in [5.74, 6) is 0.722. The van der Waals surface area contributed by atoms with Crippen LogP contribution in [0.15, 0.2) is 42.5 Å². The highest BCUT2D eigenvalue weighted by Gasteiger charge is 2.02. The number of anilines is 1. The van der Waals surface area contributed by atoms with Gasteiger partial charge in [-0.2, -0.15) is 0 Å². The Labute approximate surface area is 127 Å². The van der Waals surface area contributed by atoms with Crippen LogP contribution in [0, 0.1) is 13.8 Å². The lowest BCUT2D eigenvalue weighted by atomic mass is 10.0. The Balaban J connectivity index is 2.03. The molecule has 0 aromatic heterocycles. The van der Waals surface area contributed by atoms with Crippen LogP contribution in [0.3, 0.4) is 0 Å². The normalized spacial score (nSPS) is 10.6. The number of benzene rings is 2. The predicted octanol–water partition coefficient (Wildman–Crippen LogP) is 5.09. The molecule has 0 saturated heterocycles. The first-order valence-corrected chi connectivity index (χ1v) is 7.68. The molecule has 0 atom stereocenters. The lowest BCUT2D eigenvalue weighted by Gasteiger charge is -2.12. The van der Waals surface area contributed by atoms with Crippen molar-refractivity contribution >= 4 is 17.3 Å². The molecule has 106 valence electrons. The van der Waals surface area contributed by atoms with Gasteiger partial charge in [0.15, 0.2) is 0 Å². The van der Waals surface area contributed by atoms with Gasteiger partial charge in [0, 0.05) is 18.1 Å². The average molecular weight is 288 g/mol. The van der Waals surface area contributed by atoms with E-state index in [-0.39, 0.29) is 0 Å². The zero-order chi connectivity index (χ0) is 14.4. The van der Waals surface area contributed by atoms with Crippen molar-refractivity contribution in [1.29, 1.82) is 0 Å². The number of halogens is 1. The van der Waals surface area contributed by atoms with Gasteiger partial charge in [0.2, 0.25) is 0 Å². The van der Waals surface area contributed by atoms with Gasteiger partial charge in [-0.15, -0.1) is 11.6 Å². The number of aryl methyl sites for hydroxylation is 3. The summed E-state index contributed by atoms with van der Waals surface area (Å²) in [5, 5.41) is 3.53. The maximum atomic E-state index is 5.75. The monoisotopic (exact) mass is 287 g/mol. The summed E-state index contributed by atoms with van der Waals surface area (Å²) < 4.78 is 0. The van der Waals surface area contributed by atoms with Gasteiger partial charge < -0.3 is 5.32 Å². The smallest absolute Gasteiger partial charge is 0.0406 e. The van der Waals surface area contributed by atoms with E-state index in [0.717, 1.165) is 25.3 Å². The van der Waals surface area contributed by atoms with Crippen molar-refractivity contribution in [3.63, 3.8) is 0 Å². The van der Waals surface area contributed by atoms with E-state index in [1.807, 2.05) is 0 Å². The molecular weight excluding hydrogens is 266 g/mol. The zero-order valence-corrected chi connectivity index (χ0v) is 13.0. The Kier molecular flexibility index (Phi) is 5.49. The van der Waals surface area contributed by atoms with Crippen molar-refractivity contribution in [3.8, 4) is 0 Å². The Bertz CT molecular complexity index is 543. The zero-order valence-electron chi connectivity index (χ0n) is 12.2. The third kappa shape index (κ3) is 4.01. The Morgan fingerprint density at radius 2 is 1.70 bits per heavy atom. The fraction of sp³-hybridized carbons (Fsp3) is 0.333. The molecule has 0 unspecified atom stereocenters. The topological polar surface area (TPSA) is 12.0 Å². The Morgan fingerprint density at radius 1 is 1.00 bits per heavy atom. The van der Waals surface area contributed by atoms with Crippen LogP contribution in [0.2, 0.25) is 0 Å². The van der Waals surface area contributed by atoms with Crippen LogP contribution < -0.4 is 5.32 Å². The summed E-state index contributed by atoms with van der Waals surface area (Å²) in [7, 11) is 0. The minimum atomic E-state index is 0.722. The fourth-order valence-electron chi connectivity index (χ4n) is 2.43. The molecule has 2 aromatic carbocycles. The Morgan fingerprint density at radius 3 is 2.40 bits per heavy atom. The van der Waals surface area contributed by atoms with Gasteiger partial charge in [0.1, 0.15) is 0 Å². The fourth-order valence-corrected chi connectivity index (χ4v) is 2.56. The largest absolute Gasteiger partial charge is 0.381 e. The molecule has 0 bridgehead atoms. The summed E-state index contributed by atoms with van der Waals surface area (Å²) in [6.07, 6.45) is 2.07. The molecule has 0 fully saturated rings. The van der Waals surface area contributed by atoms with E-state index < -0.39 is 0 Å². The molecule has 0 aliphatic carbocycles. The van der Waals surface area contributed by atoms with Crippen LogP contribution in [-0.2, 0) is 13.0 Å². The van der Waals surface area contributed by atoms with Gasteiger partial charge in [-0.3, -0.25) is 0 Å². The summed E-state index contributed by atoms with van der Waals surface area (Å²) in [6.45, 7) is 5.21. The van der Waals surface area contributed by atoms with Crippen LogP contribution in [0.4, 0.5) is 5.69 Å². The van der Waals surface area contributed by atoms with Crippen molar-refractivity contribution in [2.75, 3.05) is 11.2 Å². The molecule has 0 radical (unpaired) electrons. The number of rotatable bonds is 6. The minimum absolute atomic E-state index is 0.722. The molecule has 2 aromatic rings. The van der Waals surface area contributed by atoms with E-state index in [9.17, 15) is 0 Å². The molecule has 1 nitrogen and oxygen atoms in total. The molecule has 2 rings (SSSR count). The van der Waals surface area contributed by atoms with Crippen LogP contribution in [0.25, 0.3) is 0 Å². The third-order valence-electron chi connectivity index (χ3n) is 3.64. The molecule has 2 heteroatoms. The van der Waals surface area contributed by atoms with Crippen LogP contribution in [-0.4, -0.2) is 5.88 Å². The van der Waals surface area contributed by atoms with Crippen molar-refractivity contribution in [3.05, 3.63) is 64.7 Å². The second kappa shape index (κ2) is 7.35. The highest BCUT2D eigenvalue weighted by atomic mass is 35.5. The van der Waals surface area contributed by atoms with Gasteiger partial charge in [-0.1, -0.05) is 30.3 Å². The number of nitrogens with one attached hydrogen (secondary N) is 1. The van der Waals surface area contributed by atoms with Gasteiger partial charge in [-0.05, 0) is 61.1 Å². The first-order valence-electron chi connectivity index (χ1n) is 7.14. The lowest BCUT2D eigenvalue weighted by Crippen LogP contribution is -2.03. The first kappa shape index (κ1) is 14.9. The molecule has 0 heterocycles. The SMILES string of the molecule is Cc1cccc(C)c1CNc1cccc(CCCCl)c1. The van der Waals surface area contributed by atoms with Crippen LogP contribution in [0.5, 0.6) is 0 Å². The van der Waals surface area contributed by atoms with Gasteiger partial charge in [0.25, 0.3) is 0 Å². The summed E-state index contributed by atoms with van der Waals surface area (Å²) in [6, 6.07) is 15.1. The third-order valence-corrected chi connectivity index (χ3v) is 3.91. The standard InChI is InChI=1S/C18H22ClN/c1-14-6-3-7-15(2)18(14)13-20-17-10-4-8-16(12-17)9-5-11-19/h3-4,6-8,10,12,20H,5,9,11,13H2,1-2H3. The molecule has 0 amide bonds. The summed E-state index contributed by atoms with van der Waals surface area (Å²) >= 11 is 5.75. The van der Waals surface area contributed by atoms with Crippen LogP contribution in [0.1, 0.15) is 28.7 Å². The van der Waals surface area contributed by atoms with E-state index in [4.69, 9.17) is 11.6 Å².